The molecule has 15 heavy (non-hydrogen) atoms. The maximum absolute atomic E-state index is 10.7. The molecule has 0 aliphatic heterocycles. The van der Waals surface area contributed by atoms with Gasteiger partial charge in [-0.15, -0.1) is 5.10 Å². The number of carbonyl (C=O) groups is 1. The molecule has 1 aromatic heterocycles. The number of aldehydes is 1. The lowest BCUT2D eigenvalue weighted by Crippen LogP contribution is -2.01. The molecule has 2 rings (SSSR count). The van der Waals surface area contributed by atoms with Crippen molar-refractivity contribution >= 4 is 6.29 Å². The van der Waals surface area contributed by atoms with Gasteiger partial charge in [0.05, 0.1) is 11.9 Å². The first-order valence-electron chi connectivity index (χ1n) is 4.80. The maximum Gasteiger partial charge on any atom is 0.170 e. The van der Waals surface area contributed by atoms with Gasteiger partial charge in [0.2, 0.25) is 0 Å². The molecule has 0 unspecified atom stereocenters. The van der Waals surface area contributed by atoms with Gasteiger partial charge in [0.15, 0.2) is 6.29 Å². The minimum Gasteiger partial charge on any atom is -0.296 e. The summed E-state index contributed by atoms with van der Waals surface area (Å²) < 4.78 is 1.52. The van der Waals surface area contributed by atoms with Crippen molar-refractivity contribution in [1.82, 2.24) is 15.0 Å². The molecule has 0 atom stereocenters. The fourth-order valence-corrected chi connectivity index (χ4v) is 1.40. The number of carbonyl (C=O) groups excluding carboxylic acids is 1. The lowest BCUT2D eigenvalue weighted by Gasteiger charge is -2.02. The monoisotopic (exact) mass is 201 g/mol. The quantitative estimate of drug-likeness (QED) is 0.709. The van der Waals surface area contributed by atoms with E-state index in [4.69, 9.17) is 0 Å². The number of hydrogen-bond donors (Lipinski definition) is 0. The van der Waals surface area contributed by atoms with Crippen molar-refractivity contribution in [2.45, 2.75) is 13.3 Å². The number of benzene rings is 1. The molecule has 4 nitrogen and oxygen atoms in total. The van der Waals surface area contributed by atoms with Crippen LogP contribution in [0.1, 0.15) is 23.0 Å². The first-order valence-corrected chi connectivity index (χ1v) is 4.80. The Balaban J connectivity index is 2.41. The van der Waals surface area contributed by atoms with Crippen LogP contribution in [0.4, 0.5) is 0 Å². The van der Waals surface area contributed by atoms with Crippen LogP contribution in [0.15, 0.2) is 30.5 Å². The van der Waals surface area contributed by atoms with E-state index < -0.39 is 0 Å². The molecule has 0 saturated heterocycles. The van der Waals surface area contributed by atoms with Crippen molar-refractivity contribution in [3.05, 3.63) is 41.7 Å². The molecule has 0 amide bonds. The van der Waals surface area contributed by atoms with Crippen LogP contribution >= 0.6 is 0 Å². The molecule has 2 aromatic rings. The molecule has 76 valence electrons. The Morgan fingerprint density at radius 3 is 2.67 bits per heavy atom. The summed E-state index contributed by atoms with van der Waals surface area (Å²) in [5, 5.41) is 7.54. The molecule has 1 heterocycles. The second-order valence-electron chi connectivity index (χ2n) is 3.21. The fourth-order valence-electron chi connectivity index (χ4n) is 1.40. The van der Waals surface area contributed by atoms with E-state index in [1.54, 1.807) is 0 Å². The average molecular weight is 201 g/mol. The van der Waals surface area contributed by atoms with Crippen molar-refractivity contribution < 1.29 is 4.79 Å². The van der Waals surface area contributed by atoms with Gasteiger partial charge in [0.1, 0.15) is 5.69 Å². The number of aryl methyl sites for hydroxylation is 1. The lowest BCUT2D eigenvalue weighted by atomic mass is 10.1. The second-order valence-corrected chi connectivity index (χ2v) is 3.21. The van der Waals surface area contributed by atoms with Crippen molar-refractivity contribution in [2.75, 3.05) is 0 Å². The van der Waals surface area contributed by atoms with Crippen molar-refractivity contribution in [3.63, 3.8) is 0 Å². The Kier molecular flexibility index (Phi) is 2.58. The van der Waals surface area contributed by atoms with E-state index in [1.165, 1.54) is 16.4 Å². The SMILES string of the molecule is CCc1ccc(-n2nncc2C=O)cc1. The standard InChI is InChI=1S/C11H11N3O/c1-2-9-3-5-10(6-4-9)14-11(8-15)7-12-13-14/h3-8H,2H2,1H3. The molecule has 0 spiro atoms. The van der Waals surface area contributed by atoms with Crippen molar-refractivity contribution in [1.29, 1.82) is 0 Å². The van der Waals surface area contributed by atoms with Crippen LogP contribution in [0.5, 0.6) is 0 Å². The van der Waals surface area contributed by atoms with Crippen LogP contribution in [0.3, 0.4) is 0 Å². The van der Waals surface area contributed by atoms with E-state index in [1.807, 2.05) is 24.3 Å². The lowest BCUT2D eigenvalue weighted by molar-refractivity contribution is 0.111. The summed E-state index contributed by atoms with van der Waals surface area (Å²) in [6, 6.07) is 7.90. The van der Waals surface area contributed by atoms with Gasteiger partial charge in [-0.05, 0) is 24.1 Å². The zero-order chi connectivity index (χ0) is 10.7. The summed E-state index contributed by atoms with van der Waals surface area (Å²) in [6.45, 7) is 2.10. The molecular weight excluding hydrogens is 190 g/mol. The first-order chi connectivity index (χ1) is 7.35. The third-order valence-electron chi connectivity index (χ3n) is 2.29. The van der Waals surface area contributed by atoms with Gasteiger partial charge in [0, 0.05) is 0 Å². The highest BCUT2D eigenvalue weighted by Gasteiger charge is 2.04. The summed E-state index contributed by atoms with van der Waals surface area (Å²) in [7, 11) is 0. The van der Waals surface area contributed by atoms with Crippen LogP contribution in [0, 0.1) is 0 Å². The second kappa shape index (κ2) is 4.04. The van der Waals surface area contributed by atoms with Gasteiger partial charge in [-0.25, -0.2) is 4.68 Å². The van der Waals surface area contributed by atoms with Crippen LogP contribution in [-0.4, -0.2) is 21.3 Å². The molecule has 0 fully saturated rings. The van der Waals surface area contributed by atoms with E-state index >= 15 is 0 Å². The topological polar surface area (TPSA) is 47.8 Å². The number of nitrogens with zero attached hydrogens (tertiary/aromatic N) is 3. The summed E-state index contributed by atoms with van der Waals surface area (Å²) in [5.41, 5.74) is 2.57. The van der Waals surface area contributed by atoms with E-state index in [0.717, 1.165) is 18.4 Å². The molecule has 0 saturated carbocycles. The summed E-state index contributed by atoms with van der Waals surface area (Å²) >= 11 is 0. The van der Waals surface area contributed by atoms with Gasteiger partial charge in [-0.1, -0.05) is 24.3 Å². The third kappa shape index (κ3) is 1.79. The normalized spacial score (nSPS) is 10.2. The predicted molar refractivity (Wildman–Crippen MR) is 56.1 cm³/mol. The van der Waals surface area contributed by atoms with Gasteiger partial charge < -0.3 is 0 Å². The molecular formula is C11H11N3O. The largest absolute Gasteiger partial charge is 0.296 e. The Labute approximate surface area is 87.5 Å². The van der Waals surface area contributed by atoms with Crippen molar-refractivity contribution in [3.8, 4) is 5.69 Å². The number of rotatable bonds is 3. The summed E-state index contributed by atoms with van der Waals surface area (Å²) in [4.78, 5) is 10.7. The van der Waals surface area contributed by atoms with Crippen LogP contribution in [0.2, 0.25) is 0 Å². The van der Waals surface area contributed by atoms with Crippen LogP contribution in [0.25, 0.3) is 5.69 Å². The van der Waals surface area contributed by atoms with E-state index in [-0.39, 0.29) is 0 Å². The highest BCUT2D eigenvalue weighted by atomic mass is 16.1. The molecule has 0 bridgehead atoms. The summed E-state index contributed by atoms with van der Waals surface area (Å²) in [5.74, 6) is 0. The molecule has 4 heteroatoms. The van der Waals surface area contributed by atoms with Gasteiger partial charge in [-0.2, -0.15) is 0 Å². The number of hydrogen-bond acceptors (Lipinski definition) is 3. The summed E-state index contributed by atoms with van der Waals surface area (Å²) in [6.07, 6.45) is 3.19. The minimum atomic E-state index is 0.458. The highest BCUT2D eigenvalue weighted by molar-refractivity contribution is 5.72. The first kappa shape index (κ1) is 9.58. The maximum atomic E-state index is 10.7. The Bertz CT molecular complexity index is 459. The molecule has 0 N–H and O–H groups in total. The Morgan fingerprint density at radius 2 is 2.07 bits per heavy atom. The van der Waals surface area contributed by atoms with Crippen LogP contribution in [-0.2, 0) is 6.42 Å². The van der Waals surface area contributed by atoms with E-state index in [9.17, 15) is 4.79 Å². The molecule has 0 aliphatic carbocycles. The highest BCUT2D eigenvalue weighted by Crippen LogP contribution is 2.10. The molecule has 0 aliphatic rings. The van der Waals surface area contributed by atoms with Gasteiger partial charge in [-0.3, -0.25) is 4.79 Å². The van der Waals surface area contributed by atoms with E-state index in [2.05, 4.69) is 17.2 Å². The predicted octanol–water partition coefficient (Wildman–Crippen LogP) is 1.64. The Hall–Kier alpha value is -1.97. The smallest absolute Gasteiger partial charge is 0.170 e. The number of aromatic nitrogens is 3. The molecule has 1 aromatic carbocycles. The zero-order valence-electron chi connectivity index (χ0n) is 8.42. The van der Waals surface area contributed by atoms with E-state index in [0.29, 0.717) is 5.69 Å². The van der Waals surface area contributed by atoms with Gasteiger partial charge in [0.25, 0.3) is 0 Å². The zero-order valence-corrected chi connectivity index (χ0v) is 8.42. The third-order valence-corrected chi connectivity index (χ3v) is 2.29. The average Bonchev–Trinajstić information content (AvgIpc) is 2.77. The van der Waals surface area contributed by atoms with Gasteiger partial charge >= 0.3 is 0 Å². The van der Waals surface area contributed by atoms with Crippen LogP contribution < -0.4 is 0 Å². The minimum absolute atomic E-state index is 0.458. The molecule has 0 radical (unpaired) electrons. The van der Waals surface area contributed by atoms with Crippen molar-refractivity contribution in [2.24, 2.45) is 0 Å². The Morgan fingerprint density at radius 1 is 1.33 bits per heavy atom. The fraction of sp³-hybridized carbons (Fsp3) is 0.182.